The summed E-state index contributed by atoms with van der Waals surface area (Å²) in [6.45, 7) is 0.202. The molecule has 0 aliphatic carbocycles. The monoisotopic (exact) mass is 303 g/mol. The maximum Gasteiger partial charge on any atom is 0.231 e. The largest absolute Gasteiger partial charge is 0.454 e. The predicted octanol–water partition coefficient (Wildman–Crippen LogP) is 3.86. The highest BCUT2D eigenvalue weighted by molar-refractivity contribution is 6.07. The van der Waals surface area contributed by atoms with E-state index in [9.17, 15) is 4.79 Å². The Kier molecular flexibility index (Phi) is 3.27. The van der Waals surface area contributed by atoms with Gasteiger partial charge in [-0.15, -0.1) is 0 Å². The summed E-state index contributed by atoms with van der Waals surface area (Å²) in [4.78, 5) is 16.6. The zero-order chi connectivity index (χ0) is 15.6. The number of hydrogen-bond acceptors (Lipinski definition) is 4. The number of carbonyl (C=O) groups is 1. The van der Waals surface area contributed by atoms with E-state index < -0.39 is 0 Å². The molecule has 2 heterocycles. The summed E-state index contributed by atoms with van der Waals surface area (Å²) in [6, 6.07) is 15.0. The fourth-order valence-corrected chi connectivity index (χ4v) is 2.52. The summed E-state index contributed by atoms with van der Waals surface area (Å²) in [5, 5.41) is 1.05. The van der Waals surface area contributed by atoms with Crippen molar-refractivity contribution in [3.63, 3.8) is 0 Å². The molecule has 0 saturated carbocycles. The van der Waals surface area contributed by atoms with E-state index in [-0.39, 0.29) is 12.6 Å². The second-order valence-electron chi connectivity index (χ2n) is 5.22. The van der Waals surface area contributed by atoms with Crippen molar-refractivity contribution in [3.05, 3.63) is 71.9 Å². The van der Waals surface area contributed by atoms with E-state index in [1.807, 2.05) is 30.3 Å². The van der Waals surface area contributed by atoms with Crippen LogP contribution in [0.1, 0.15) is 15.9 Å². The van der Waals surface area contributed by atoms with Crippen LogP contribution in [0.3, 0.4) is 0 Å². The Morgan fingerprint density at radius 3 is 2.91 bits per heavy atom. The molecule has 1 aromatic heterocycles. The number of benzene rings is 2. The maximum atomic E-state index is 12.3. The molecule has 0 fully saturated rings. The van der Waals surface area contributed by atoms with E-state index in [2.05, 4.69) is 4.98 Å². The number of ether oxygens (including phenoxy) is 2. The smallest absolute Gasteiger partial charge is 0.231 e. The number of rotatable bonds is 3. The molecule has 0 atom stereocenters. The van der Waals surface area contributed by atoms with Crippen LogP contribution in [0.5, 0.6) is 11.5 Å². The van der Waals surface area contributed by atoms with Gasteiger partial charge in [0.25, 0.3) is 0 Å². The summed E-state index contributed by atoms with van der Waals surface area (Å²) >= 11 is 0. The van der Waals surface area contributed by atoms with E-state index in [1.54, 1.807) is 36.5 Å². The van der Waals surface area contributed by atoms with Gasteiger partial charge in [0.1, 0.15) is 0 Å². The van der Waals surface area contributed by atoms with E-state index in [1.165, 1.54) is 0 Å². The molecule has 0 unspecified atom stereocenters. The van der Waals surface area contributed by atoms with Gasteiger partial charge in [0.05, 0.1) is 5.52 Å². The third kappa shape index (κ3) is 2.66. The first kappa shape index (κ1) is 13.5. The van der Waals surface area contributed by atoms with Gasteiger partial charge in [0.15, 0.2) is 17.3 Å². The predicted molar refractivity (Wildman–Crippen MR) is 87.7 cm³/mol. The first-order chi connectivity index (χ1) is 11.3. The highest BCUT2D eigenvalue weighted by Gasteiger charge is 2.14. The Hall–Kier alpha value is -3.14. The van der Waals surface area contributed by atoms with Gasteiger partial charge < -0.3 is 9.47 Å². The van der Waals surface area contributed by atoms with Gasteiger partial charge >= 0.3 is 0 Å². The van der Waals surface area contributed by atoms with Gasteiger partial charge in [-0.25, -0.2) is 0 Å². The standard InChI is InChI=1S/C19H13NO3/c21-17(15-5-8-18-19(11-15)23-12-22-18)7-4-13-3-6-16-14(10-13)2-1-9-20-16/h1-11H,12H2. The Bertz CT molecular complexity index is 931. The minimum absolute atomic E-state index is 0.0745. The first-order valence-electron chi connectivity index (χ1n) is 7.26. The number of allylic oxidation sites excluding steroid dienone is 1. The Balaban J connectivity index is 1.58. The lowest BCUT2D eigenvalue weighted by Gasteiger charge is -2.00. The molecule has 4 nitrogen and oxygen atoms in total. The van der Waals surface area contributed by atoms with E-state index in [4.69, 9.17) is 9.47 Å². The van der Waals surface area contributed by atoms with E-state index in [0.29, 0.717) is 17.1 Å². The van der Waals surface area contributed by atoms with Crippen LogP contribution in [0.25, 0.3) is 17.0 Å². The SMILES string of the molecule is O=C(C=Cc1ccc2ncccc2c1)c1ccc2c(c1)OCO2. The van der Waals surface area contributed by atoms with E-state index in [0.717, 1.165) is 16.5 Å². The number of ketones is 1. The van der Waals surface area contributed by atoms with Crippen LogP contribution in [0.15, 0.2) is 60.8 Å². The van der Waals surface area contributed by atoms with Crippen LogP contribution in [0.2, 0.25) is 0 Å². The summed E-state index contributed by atoms with van der Waals surface area (Å²) in [5.41, 5.74) is 2.47. The molecule has 4 rings (SSSR count). The van der Waals surface area contributed by atoms with Gasteiger partial charge in [-0.05, 0) is 48.0 Å². The van der Waals surface area contributed by atoms with Gasteiger partial charge in [0, 0.05) is 17.1 Å². The molecule has 0 N–H and O–H groups in total. The maximum absolute atomic E-state index is 12.3. The third-order valence-corrected chi connectivity index (χ3v) is 3.71. The molecule has 23 heavy (non-hydrogen) atoms. The average Bonchev–Trinajstić information content (AvgIpc) is 3.07. The number of carbonyl (C=O) groups excluding carboxylic acids is 1. The number of nitrogens with zero attached hydrogens (tertiary/aromatic N) is 1. The average molecular weight is 303 g/mol. The lowest BCUT2D eigenvalue weighted by molar-refractivity contribution is 0.104. The van der Waals surface area contributed by atoms with Gasteiger partial charge in [-0.2, -0.15) is 0 Å². The number of fused-ring (bicyclic) bond motifs is 2. The van der Waals surface area contributed by atoms with Crippen molar-refractivity contribution in [2.24, 2.45) is 0 Å². The fourth-order valence-electron chi connectivity index (χ4n) is 2.52. The molecule has 1 aliphatic rings. The van der Waals surface area contributed by atoms with Crippen molar-refractivity contribution >= 4 is 22.8 Å². The van der Waals surface area contributed by atoms with Crippen molar-refractivity contribution in [1.82, 2.24) is 4.98 Å². The molecule has 0 spiro atoms. The molecule has 1 aliphatic heterocycles. The van der Waals surface area contributed by atoms with Crippen molar-refractivity contribution in [1.29, 1.82) is 0 Å². The van der Waals surface area contributed by atoms with Crippen molar-refractivity contribution in [2.45, 2.75) is 0 Å². The fraction of sp³-hybridized carbons (Fsp3) is 0.0526. The van der Waals surface area contributed by atoms with Crippen LogP contribution >= 0.6 is 0 Å². The van der Waals surface area contributed by atoms with Crippen LogP contribution in [-0.4, -0.2) is 17.6 Å². The molecule has 0 amide bonds. The highest BCUT2D eigenvalue weighted by atomic mass is 16.7. The summed E-state index contributed by atoms with van der Waals surface area (Å²) < 4.78 is 10.5. The molecule has 4 heteroatoms. The topological polar surface area (TPSA) is 48.4 Å². The summed E-state index contributed by atoms with van der Waals surface area (Å²) in [5.74, 6) is 1.21. The summed E-state index contributed by atoms with van der Waals surface area (Å²) in [6.07, 6.45) is 5.13. The molecular formula is C19H13NO3. The lowest BCUT2D eigenvalue weighted by atomic mass is 10.1. The Morgan fingerprint density at radius 2 is 1.96 bits per heavy atom. The normalized spacial score (nSPS) is 12.9. The lowest BCUT2D eigenvalue weighted by Crippen LogP contribution is -1.94. The molecule has 2 aromatic carbocycles. The minimum Gasteiger partial charge on any atom is -0.454 e. The van der Waals surface area contributed by atoms with Crippen molar-refractivity contribution in [2.75, 3.05) is 6.79 Å². The van der Waals surface area contributed by atoms with Crippen molar-refractivity contribution in [3.8, 4) is 11.5 Å². The molecule has 3 aromatic rings. The Morgan fingerprint density at radius 1 is 1.04 bits per heavy atom. The first-order valence-corrected chi connectivity index (χ1v) is 7.26. The van der Waals surface area contributed by atoms with Gasteiger partial charge in [-0.3, -0.25) is 9.78 Å². The number of pyridine rings is 1. The minimum atomic E-state index is -0.0745. The number of aromatic nitrogens is 1. The second kappa shape index (κ2) is 5.57. The van der Waals surface area contributed by atoms with Crippen LogP contribution in [-0.2, 0) is 0 Å². The molecule has 0 bridgehead atoms. The van der Waals surface area contributed by atoms with Crippen LogP contribution in [0, 0.1) is 0 Å². The zero-order valence-electron chi connectivity index (χ0n) is 12.2. The van der Waals surface area contributed by atoms with Crippen LogP contribution < -0.4 is 9.47 Å². The van der Waals surface area contributed by atoms with Crippen molar-refractivity contribution < 1.29 is 14.3 Å². The van der Waals surface area contributed by atoms with Crippen LogP contribution in [0.4, 0.5) is 0 Å². The van der Waals surface area contributed by atoms with E-state index >= 15 is 0 Å². The summed E-state index contributed by atoms with van der Waals surface area (Å²) in [7, 11) is 0. The third-order valence-electron chi connectivity index (χ3n) is 3.71. The molecule has 112 valence electrons. The number of hydrogen-bond donors (Lipinski definition) is 0. The quantitative estimate of drug-likeness (QED) is 0.544. The van der Waals surface area contributed by atoms with Gasteiger partial charge in [0.2, 0.25) is 6.79 Å². The molecular weight excluding hydrogens is 290 g/mol. The second-order valence-corrected chi connectivity index (χ2v) is 5.22. The molecule has 0 radical (unpaired) electrons. The Labute approximate surface area is 133 Å². The zero-order valence-corrected chi connectivity index (χ0v) is 12.2. The van der Waals surface area contributed by atoms with Gasteiger partial charge in [-0.1, -0.05) is 18.2 Å². The highest BCUT2D eigenvalue weighted by Crippen LogP contribution is 2.32. The molecule has 0 saturated heterocycles.